The first-order valence-electron chi connectivity index (χ1n) is 6.34. The largest absolute Gasteiger partial charge is 0.364 e. The van der Waals surface area contributed by atoms with Gasteiger partial charge in [-0.3, -0.25) is 4.79 Å². The van der Waals surface area contributed by atoms with Gasteiger partial charge in [-0.05, 0) is 38.3 Å². The number of aryl methyl sites for hydroxylation is 2. The van der Waals surface area contributed by atoms with E-state index in [0.29, 0.717) is 6.54 Å². The highest BCUT2D eigenvalue weighted by molar-refractivity contribution is 5.95. The number of amides is 1. The Bertz CT molecular complexity index is 451. The molecule has 1 amide bonds. The predicted octanol–water partition coefficient (Wildman–Crippen LogP) is 2.17. The monoisotopic (exact) mass is 284 g/mol. The molecule has 2 atom stereocenters. The number of carbonyl (C=O) groups excluding carboxylic acids is 1. The number of hydrogen-bond acceptors (Lipinski definition) is 3. The Morgan fingerprint density at radius 3 is 2.74 bits per heavy atom. The van der Waals surface area contributed by atoms with Gasteiger partial charge < -0.3 is 15.8 Å². The third kappa shape index (κ3) is 3.93. The van der Waals surface area contributed by atoms with E-state index in [0.717, 1.165) is 24.1 Å². The van der Waals surface area contributed by atoms with E-state index in [9.17, 15) is 4.79 Å². The van der Waals surface area contributed by atoms with E-state index in [2.05, 4.69) is 5.32 Å². The van der Waals surface area contributed by atoms with Gasteiger partial charge in [-0.15, -0.1) is 12.4 Å². The SMILES string of the molecule is Cc1ccc(NC(=O)[C@@H]2CC[C@H](CN)O2)c(C)c1.Cl. The van der Waals surface area contributed by atoms with Gasteiger partial charge in [0.25, 0.3) is 5.91 Å². The van der Waals surface area contributed by atoms with E-state index in [4.69, 9.17) is 10.5 Å². The minimum atomic E-state index is -0.362. The first-order valence-corrected chi connectivity index (χ1v) is 6.34. The second-order valence-corrected chi connectivity index (χ2v) is 4.87. The fraction of sp³-hybridized carbons (Fsp3) is 0.500. The van der Waals surface area contributed by atoms with E-state index in [-0.39, 0.29) is 30.5 Å². The average molecular weight is 285 g/mol. The van der Waals surface area contributed by atoms with Gasteiger partial charge in [-0.25, -0.2) is 0 Å². The van der Waals surface area contributed by atoms with Crippen LogP contribution in [0.25, 0.3) is 0 Å². The summed E-state index contributed by atoms with van der Waals surface area (Å²) in [6.45, 7) is 4.50. The molecule has 1 aromatic carbocycles. The van der Waals surface area contributed by atoms with Crippen molar-refractivity contribution in [3.63, 3.8) is 0 Å². The van der Waals surface area contributed by atoms with Crippen molar-refractivity contribution in [2.24, 2.45) is 5.73 Å². The molecule has 0 spiro atoms. The summed E-state index contributed by atoms with van der Waals surface area (Å²) in [7, 11) is 0. The highest BCUT2D eigenvalue weighted by Gasteiger charge is 2.29. The lowest BCUT2D eigenvalue weighted by molar-refractivity contribution is -0.126. The lowest BCUT2D eigenvalue weighted by atomic mass is 10.1. The van der Waals surface area contributed by atoms with Gasteiger partial charge >= 0.3 is 0 Å². The number of benzene rings is 1. The number of carbonyl (C=O) groups is 1. The van der Waals surface area contributed by atoms with Crippen molar-refractivity contribution in [3.05, 3.63) is 29.3 Å². The van der Waals surface area contributed by atoms with Crippen LogP contribution in [0.5, 0.6) is 0 Å². The molecule has 1 saturated heterocycles. The first kappa shape index (κ1) is 16.0. The topological polar surface area (TPSA) is 64.4 Å². The van der Waals surface area contributed by atoms with Crippen LogP contribution in [-0.2, 0) is 9.53 Å². The fourth-order valence-electron chi connectivity index (χ4n) is 2.24. The lowest BCUT2D eigenvalue weighted by Crippen LogP contribution is -2.30. The highest BCUT2D eigenvalue weighted by Crippen LogP contribution is 2.22. The number of nitrogens with two attached hydrogens (primary N) is 1. The molecule has 0 bridgehead atoms. The maximum absolute atomic E-state index is 12.0. The summed E-state index contributed by atoms with van der Waals surface area (Å²) in [4.78, 5) is 12.0. The Balaban J connectivity index is 0.00000180. The summed E-state index contributed by atoms with van der Waals surface area (Å²) < 4.78 is 5.57. The Labute approximate surface area is 120 Å². The van der Waals surface area contributed by atoms with Crippen LogP contribution in [0.4, 0.5) is 5.69 Å². The molecule has 1 aromatic rings. The summed E-state index contributed by atoms with van der Waals surface area (Å²) in [6, 6.07) is 5.96. The maximum atomic E-state index is 12.0. The Morgan fingerprint density at radius 1 is 1.42 bits per heavy atom. The van der Waals surface area contributed by atoms with Crippen molar-refractivity contribution in [1.82, 2.24) is 0 Å². The second kappa shape index (κ2) is 6.89. The predicted molar refractivity (Wildman–Crippen MR) is 78.7 cm³/mol. The van der Waals surface area contributed by atoms with Crippen molar-refractivity contribution >= 4 is 24.0 Å². The molecule has 1 heterocycles. The Kier molecular flexibility index (Phi) is 5.79. The molecule has 0 unspecified atom stereocenters. The number of halogens is 1. The van der Waals surface area contributed by atoms with Crippen LogP contribution in [0, 0.1) is 13.8 Å². The summed E-state index contributed by atoms with van der Waals surface area (Å²) in [5, 5.41) is 2.92. The second-order valence-electron chi connectivity index (χ2n) is 4.87. The number of hydrogen-bond donors (Lipinski definition) is 2. The zero-order valence-electron chi connectivity index (χ0n) is 11.3. The molecule has 0 aromatic heterocycles. The molecule has 1 aliphatic heterocycles. The van der Waals surface area contributed by atoms with Crippen LogP contribution < -0.4 is 11.1 Å². The van der Waals surface area contributed by atoms with Crippen LogP contribution in [0.3, 0.4) is 0 Å². The summed E-state index contributed by atoms with van der Waals surface area (Å²) >= 11 is 0. The first-order chi connectivity index (χ1) is 8.60. The van der Waals surface area contributed by atoms with Crippen molar-refractivity contribution < 1.29 is 9.53 Å². The van der Waals surface area contributed by atoms with Gasteiger partial charge in [0.15, 0.2) is 0 Å². The minimum Gasteiger partial charge on any atom is -0.364 e. The number of anilines is 1. The van der Waals surface area contributed by atoms with Crippen LogP contribution >= 0.6 is 12.4 Å². The third-order valence-corrected chi connectivity index (χ3v) is 3.30. The molecule has 19 heavy (non-hydrogen) atoms. The Hall–Kier alpha value is -1.10. The molecule has 0 saturated carbocycles. The molecular formula is C14H21ClN2O2. The van der Waals surface area contributed by atoms with Crippen LogP contribution in [0.2, 0.25) is 0 Å². The van der Waals surface area contributed by atoms with Crippen LogP contribution in [-0.4, -0.2) is 24.7 Å². The summed E-state index contributed by atoms with van der Waals surface area (Å²) in [5.74, 6) is -0.0714. The minimum absolute atomic E-state index is 0. The van der Waals surface area contributed by atoms with E-state index in [1.165, 1.54) is 5.56 Å². The lowest BCUT2D eigenvalue weighted by Gasteiger charge is -2.14. The van der Waals surface area contributed by atoms with Gasteiger partial charge in [0, 0.05) is 12.2 Å². The molecule has 0 radical (unpaired) electrons. The Morgan fingerprint density at radius 2 is 2.16 bits per heavy atom. The van der Waals surface area contributed by atoms with Gasteiger partial charge in [0.1, 0.15) is 6.10 Å². The van der Waals surface area contributed by atoms with Crippen LogP contribution in [0.1, 0.15) is 24.0 Å². The van der Waals surface area contributed by atoms with Crippen LogP contribution in [0.15, 0.2) is 18.2 Å². The van der Waals surface area contributed by atoms with Crippen molar-refractivity contribution in [2.45, 2.75) is 38.9 Å². The smallest absolute Gasteiger partial charge is 0.253 e. The number of rotatable bonds is 3. The van der Waals surface area contributed by atoms with E-state index in [1.807, 2.05) is 32.0 Å². The molecule has 0 aliphatic carbocycles. The van der Waals surface area contributed by atoms with Crippen molar-refractivity contribution in [3.8, 4) is 0 Å². The van der Waals surface area contributed by atoms with Gasteiger partial charge in [-0.1, -0.05) is 17.7 Å². The summed E-state index contributed by atoms with van der Waals surface area (Å²) in [6.07, 6.45) is 1.28. The van der Waals surface area contributed by atoms with Gasteiger partial charge in [0.2, 0.25) is 0 Å². The highest BCUT2D eigenvalue weighted by atomic mass is 35.5. The molecule has 5 heteroatoms. The molecule has 2 rings (SSSR count). The summed E-state index contributed by atoms with van der Waals surface area (Å²) in [5.41, 5.74) is 8.64. The third-order valence-electron chi connectivity index (χ3n) is 3.30. The fourth-order valence-corrected chi connectivity index (χ4v) is 2.24. The van der Waals surface area contributed by atoms with E-state index >= 15 is 0 Å². The average Bonchev–Trinajstić information content (AvgIpc) is 2.81. The number of ether oxygens (including phenoxy) is 1. The van der Waals surface area contributed by atoms with Crippen molar-refractivity contribution in [2.75, 3.05) is 11.9 Å². The molecule has 1 fully saturated rings. The number of nitrogens with one attached hydrogen (secondary N) is 1. The standard InChI is InChI=1S/C14H20N2O2.ClH/c1-9-3-5-12(10(2)7-9)16-14(17)13-6-4-11(8-15)18-13;/h3,5,7,11,13H,4,6,8,15H2,1-2H3,(H,16,17);1H/t11-,13+;/m1./s1. The van der Waals surface area contributed by atoms with Crippen molar-refractivity contribution in [1.29, 1.82) is 0 Å². The molecular weight excluding hydrogens is 264 g/mol. The molecule has 1 aliphatic rings. The normalized spacial score (nSPS) is 21.8. The van der Waals surface area contributed by atoms with E-state index in [1.54, 1.807) is 0 Å². The quantitative estimate of drug-likeness (QED) is 0.894. The zero-order valence-corrected chi connectivity index (χ0v) is 12.1. The van der Waals surface area contributed by atoms with Gasteiger partial charge in [0.05, 0.1) is 6.10 Å². The maximum Gasteiger partial charge on any atom is 0.253 e. The zero-order chi connectivity index (χ0) is 13.1. The van der Waals surface area contributed by atoms with Gasteiger partial charge in [-0.2, -0.15) is 0 Å². The van der Waals surface area contributed by atoms with E-state index < -0.39 is 0 Å². The molecule has 4 nitrogen and oxygen atoms in total. The molecule has 106 valence electrons. The molecule has 3 N–H and O–H groups in total.